The Morgan fingerprint density at radius 1 is 1.38 bits per heavy atom. The van der Waals surface area contributed by atoms with E-state index >= 15 is 0 Å². The van der Waals surface area contributed by atoms with Crippen molar-refractivity contribution in [2.45, 2.75) is 0 Å². The molecule has 0 spiro atoms. The summed E-state index contributed by atoms with van der Waals surface area (Å²) in [7, 11) is 0. The van der Waals surface area contributed by atoms with Crippen LogP contribution in [0.4, 0.5) is 0 Å². The zero-order chi connectivity index (χ0) is 11.1. The number of hydrogen-bond donors (Lipinski definition) is 2. The summed E-state index contributed by atoms with van der Waals surface area (Å²) < 4.78 is 1.09. The number of nitrogens with zero attached hydrogens (tertiary/aromatic N) is 1. The highest BCUT2D eigenvalue weighted by atomic mass is 127. The van der Waals surface area contributed by atoms with E-state index in [-0.39, 0.29) is 5.91 Å². The van der Waals surface area contributed by atoms with E-state index in [4.69, 9.17) is 0 Å². The fourth-order valence-electron chi connectivity index (χ4n) is 2.68. The minimum Gasteiger partial charge on any atom is -0.356 e. The molecule has 3 rings (SSSR count). The fourth-order valence-corrected chi connectivity index (χ4v) is 3.15. The minimum atomic E-state index is 0.150. The molecule has 0 aliphatic carbocycles. The molecule has 2 aliphatic rings. The maximum absolute atomic E-state index is 12.2. The van der Waals surface area contributed by atoms with Gasteiger partial charge in [0.25, 0.3) is 5.91 Å². The predicted octanol–water partition coefficient (Wildman–Crippen LogP) is 0.911. The number of H-pyrrole nitrogens is 1. The summed E-state index contributed by atoms with van der Waals surface area (Å²) in [6.45, 7) is 3.95. The van der Waals surface area contributed by atoms with Crippen LogP contribution in [0.5, 0.6) is 0 Å². The summed E-state index contributed by atoms with van der Waals surface area (Å²) in [6.07, 6.45) is 1.87. The van der Waals surface area contributed by atoms with E-state index in [1.54, 1.807) is 0 Å². The van der Waals surface area contributed by atoms with Crippen LogP contribution < -0.4 is 5.32 Å². The van der Waals surface area contributed by atoms with Crippen molar-refractivity contribution in [2.24, 2.45) is 11.8 Å². The molecule has 1 aromatic rings. The quantitative estimate of drug-likeness (QED) is 0.752. The van der Waals surface area contributed by atoms with Gasteiger partial charge in [-0.2, -0.15) is 0 Å². The first-order chi connectivity index (χ1) is 7.74. The summed E-state index contributed by atoms with van der Waals surface area (Å²) >= 11 is 2.21. The SMILES string of the molecule is O=C(c1cc(I)c[nH]1)N1C[C@H]2CNC[C@H]2C1. The third-order valence-electron chi connectivity index (χ3n) is 3.55. The summed E-state index contributed by atoms with van der Waals surface area (Å²) in [4.78, 5) is 17.2. The number of amides is 1. The fraction of sp³-hybridized carbons (Fsp3) is 0.545. The molecular weight excluding hydrogens is 317 g/mol. The van der Waals surface area contributed by atoms with Crippen LogP contribution >= 0.6 is 22.6 Å². The molecule has 0 unspecified atom stereocenters. The van der Waals surface area contributed by atoms with E-state index < -0.39 is 0 Å². The average molecular weight is 331 g/mol. The van der Waals surface area contributed by atoms with Crippen LogP contribution in [-0.2, 0) is 0 Å². The first-order valence-corrected chi connectivity index (χ1v) is 6.66. The lowest BCUT2D eigenvalue weighted by molar-refractivity contribution is 0.0776. The largest absolute Gasteiger partial charge is 0.356 e. The molecule has 2 N–H and O–H groups in total. The Kier molecular flexibility index (Phi) is 2.67. The number of aromatic amines is 1. The molecule has 2 fully saturated rings. The van der Waals surface area contributed by atoms with Gasteiger partial charge in [-0.1, -0.05) is 0 Å². The van der Waals surface area contributed by atoms with Gasteiger partial charge in [0.1, 0.15) is 5.69 Å². The molecule has 3 heterocycles. The van der Waals surface area contributed by atoms with Gasteiger partial charge in [-0.3, -0.25) is 4.79 Å². The minimum absolute atomic E-state index is 0.150. The number of carbonyl (C=O) groups is 1. The van der Waals surface area contributed by atoms with Crippen molar-refractivity contribution in [2.75, 3.05) is 26.2 Å². The van der Waals surface area contributed by atoms with E-state index in [1.807, 2.05) is 17.2 Å². The van der Waals surface area contributed by atoms with Crippen molar-refractivity contribution in [3.05, 3.63) is 21.5 Å². The molecule has 2 atom stereocenters. The second kappa shape index (κ2) is 4.03. The van der Waals surface area contributed by atoms with E-state index in [0.29, 0.717) is 11.8 Å². The van der Waals surface area contributed by atoms with Crippen LogP contribution in [0, 0.1) is 15.4 Å². The summed E-state index contributed by atoms with van der Waals surface area (Å²) in [5, 5.41) is 3.38. The molecule has 86 valence electrons. The molecule has 1 amide bonds. The topological polar surface area (TPSA) is 48.1 Å². The number of fused-ring (bicyclic) bond motifs is 1. The number of rotatable bonds is 1. The molecule has 2 aliphatic heterocycles. The van der Waals surface area contributed by atoms with Gasteiger partial charge in [0.2, 0.25) is 0 Å². The Balaban J connectivity index is 1.73. The van der Waals surface area contributed by atoms with Crippen LogP contribution in [0.3, 0.4) is 0 Å². The van der Waals surface area contributed by atoms with E-state index in [1.165, 1.54) is 0 Å². The molecule has 1 aromatic heterocycles. The smallest absolute Gasteiger partial charge is 0.270 e. The van der Waals surface area contributed by atoms with Crippen LogP contribution in [0.25, 0.3) is 0 Å². The van der Waals surface area contributed by atoms with Gasteiger partial charge >= 0.3 is 0 Å². The van der Waals surface area contributed by atoms with Gasteiger partial charge in [-0.25, -0.2) is 0 Å². The highest BCUT2D eigenvalue weighted by Crippen LogP contribution is 2.27. The van der Waals surface area contributed by atoms with Gasteiger partial charge in [0, 0.05) is 35.9 Å². The molecular formula is C11H14IN3O. The Morgan fingerprint density at radius 2 is 2.06 bits per heavy atom. The standard InChI is InChI=1S/C11H14IN3O/c12-9-1-10(14-4-9)11(16)15-5-7-2-13-3-8(7)6-15/h1,4,7-8,13-14H,2-3,5-6H2/t7-,8+. The number of carbonyl (C=O) groups excluding carboxylic acids is 1. The Bertz CT molecular complexity index is 405. The molecule has 0 saturated carbocycles. The Labute approximate surface area is 108 Å². The van der Waals surface area contributed by atoms with Gasteiger partial charge in [0.05, 0.1) is 0 Å². The van der Waals surface area contributed by atoms with Crippen molar-refractivity contribution < 1.29 is 4.79 Å². The molecule has 0 aromatic carbocycles. The van der Waals surface area contributed by atoms with Gasteiger partial charge in [0.15, 0.2) is 0 Å². The second-order valence-corrected chi connectivity index (χ2v) is 5.87. The zero-order valence-electron chi connectivity index (χ0n) is 8.87. The predicted molar refractivity (Wildman–Crippen MR) is 69.3 cm³/mol. The van der Waals surface area contributed by atoms with E-state index in [9.17, 15) is 4.79 Å². The van der Waals surface area contributed by atoms with Gasteiger partial charge in [-0.05, 0) is 40.5 Å². The maximum Gasteiger partial charge on any atom is 0.270 e. The first kappa shape index (κ1) is 10.6. The van der Waals surface area contributed by atoms with E-state index in [2.05, 4.69) is 32.9 Å². The van der Waals surface area contributed by atoms with Crippen LogP contribution in [0.15, 0.2) is 12.3 Å². The Hall–Kier alpha value is -0.560. The summed E-state index contributed by atoms with van der Waals surface area (Å²) in [5.74, 6) is 1.48. The molecule has 2 saturated heterocycles. The molecule has 4 nitrogen and oxygen atoms in total. The third-order valence-corrected chi connectivity index (χ3v) is 4.18. The molecule has 5 heteroatoms. The summed E-state index contributed by atoms with van der Waals surface area (Å²) in [6, 6.07) is 1.91. The number of hydrogen-bond acceptors (Lipinski definition) is 2. The Morgan fingerprint density at radius 3 is 2.62 bits per heavy atom. The van der Waals surface area contributed by atoms with Gasteiger partial charge in [-0.15, -0.1) is 0 Å². The average Bonchev–Trinajstić information content (AvgIpc) is 2.89. The number of likely N-dealkylation sites (tertiary alicyclic amines) is 1. The van der Waals surface area contributed by atoms with Crippen molar-refractivity contribution in [3.63, 3.8) is 0 Å². The normalized spacial score (nSPS) is 28.4. The van der Waals surface area contributed by atoms with Gasteiger partial charge < -0.3 is 15.2 Å². The van der Waals surface area contributed by atoms with Crippen LogP contribution in [0.1, 0.15) is 10.5 Å². The highest BCUT2D eigenvalue weighted by molar-refractivity contribution is 14.1. The lowest BCUT2D eigenvalue weighted by Crippen LogP contribution is -2.32. The molecule has 0 radical (unpaired) electrons. The number of halogens is 1. The van der Waals surface area contributed by atoms with Crippen LogP contribution in [-0.4, -0.2) is 42.0 Å². The van der Waals surface area contributed by atoms with Crippen molar-refractivity contribution >= 4 is 28.5 Å². The lowest BCUT2D eigenvalue weighted by atomic mass is 10.0. The number of nitrogens with one attached hydrogen (secondary N) is 2. The molecule has 0 bridgehead atoms. The van der Waals surface area contributed by atoms with Crippen molar-refractivity contribution in [1.29, 1.82) is 0 Å². The highest BCUT2D eigenvalue weighted by Gasteiger charge is 2.38. The maximum atomic E-state index is 12.2. The first-order valence-electron chi connectivity index (χ1n) is 5.58. The van der Waals surface area contributed by atoms with Crippen molar-refractivity contribution in [1.82, 2.24) is 15.2 Å². The number of aromatic nitrogens is 1. The van der Waals surface area contributed by atoms with Crippen LogP contribution in [0.2, 0.25) is 0 Å². The monoisotopic (exact) mass is 331 g/mol. The lowest BCUT2D eigenvalue weighted by Gasteiger charge is -2.16. The second-order valence-electron chi connectivity index (χ2n) is 4.62. The summed E-state index contributed by atoms with van der Waals surface area (Å²) in [5.41, 5.74) is 0.720. The van der Waals surface area contributed by atoms with E-state index in [0.717, 1.165) is 35.4 Å². The third kappa shape index (κ3) is 1.75. The molecule has 16 heavy (non-hydrogen) atoms. The van der Waals surface area contributed by atoms with Crippen molar-refractivity contribution in [3.8, 4) is 0 Å². The zero-order valence-corrected chi connectivity index (χ0v) is 11.0.